The number of aromatic nitrogens is 2. The zero-order valence-corrected chi connectivity index (χ0v) is 16.1. The molecule has 1 aliphatic heterocycles. The Labute approximate surface area is 160 Å². The molecule has 8 nitrogen and oxygen atoms in total. The van der Waals surface area contributed by atoms with Crippen molar-refractivity contribution in [1.82, 2.24) is 25.7 Å². The SMILES string of the molecule is COCc1cc(CNC(=O)CC2C(=O)NCCN2CC2CCCCC2)[nH]n1. The molecule has 2 amide bonds. The van der Waals surface area contributed by atoms with Gasteiger partial charge in [0.15, 0.2) is 0 Å². The van der Waals surface area contributed by atoms with Gasteiger partial charge >= 0.3 is 0 Å². The standard InChI is InChI=1S/C19H31N5O3/c1-27-13-16-9-15(22-23-16)11-21-18(25)10-17-19(26)20-7-8-24(17)12-14-5-3-2-4-6-14/h9,14,17H,2-8,10-13H2,1H3,(H,20,26)(H,21,25)(H,22,23). The van der Waals surface area contributed by atoms with Crippen molar-refractivity contribution in [2.45, 2.75) is 57.7 Å². The summed E-state index contributed by atoms with van der Waals surface area (Å²) >= 11 is 0. The quantitative estimate of drug-likeness (QED) is 0.626. The first-order valence-electron chi connectivity index (χ1n) is 9.96. The molecule has 2 aliphatic rings. The summed E-state index contributed by atoms with van der Waals surface area (Å²) in [5.41, 5.74) is 1.62. The predicted octanol–water partition coefficient (Wildman–Crippen LogP) is 0.943. The summed E-state index contributed by atoms with van der Waals surface area (Å²) < 4.78 is 5.03. The number of rotatable bonds is 8. The van der Waals surface area contributed by atoms with Gasteiger partial charge in [-0.15, -0.1) is 0 Å². The lowest BCUT2D eigenvalue weighted by molar-refractivity contribution is -0.134. The van der Waals surface area contributed by atoms with E-state index in [-0.39, 0.29) is 24.3 Å². The van der Waals surface area contributed by atoms with Crippen LogP contribution in [0.5, 0.6) is 0 Å². The number of piperazine rings is 1. The van der Waals surface area contributed by atoms with Crippen LogP contribution in [0.15, 0.2) is 6.07 Å². The molecule has 1 atom stereocenters. The summed E-state index contributed by atoms with van der Waals surface area (Å²) in [5.74, 6) is 0.504. The number of amides is 2. The van der Waals surface area contributed by atoms with E-state index >= 15 is 0 Å². The van der Waals surface area contributed by atoms with Gasteiger partial charge in [-0.05, 0) is 24.8 Å². The second-order valence-electron chi connectivity index (χ2n) is 7.60. The van der Waals surface area contributed by atoms with Gasteiger partial charge in [0, 0.05) is 26.7 Å². The first-order valence-corrected chi connectivity index (χ1v) is 9.96. The third kappa shape index (κ3) is 5.77. The maximum Gasteiger partial charge on any atom is 0.237 e. The highest BCUT2D eigenvalue weighted by molar-refractivity contribution is 5.88. The minimum absolute atomic E-state index is 0.0314. The molecule has 1 aromatic heterocycles. The number of carbonyl (C=O) groups is 2. The number of nitrogens with one attached hydrogen (secondary N) is 3. The van der Waals surface area contributed by atoms with Crippen molar-refractivity contribution >= 4 is 11.8 Å². The lowest BCUT2D eigenvalue weighted by Gasteiger charge is -2.37. The second-order valence-corrected chi connectivity index (χ2v) is 7.60. The number of carbonyl (C=O) groups excluding carboxylic acids is 2. The Bertz CT molecular complexity index is 627. The van der Waals surface area contributed by atoms with Gasteiger partial charge in [0.05, 0.1) is 37.0 Å². The Morgan fingerprint density at radius 2 is 2.19 bits per heavy atom. The fourth-order valence-corrected chi connectivity index (χ4v) is 4.07. The van der Waals surface area contributed by atoms with Crippen molar-refractivity contribution in [2.75, 3.05) is 26.7 Å². The van der Waals surface area contributed by atoms with Crippen LogP contribution in [0.2, 0.25) is 0 Å². The van der Waals surface area contributed by atoms with Gasteiger partial charge in [-0.1, -0.05) is 19.3 Å². The summed E-state index contributed by atoms with van der Waals surface area (Å²) in [4.78, 5) is 27.0. The highest BCUT2D eigenvalue weighted by Gasteiger charge is 2.33. The van der Waals surface area contributed by atoms with Crippen molar-refractivity contribution in [3.8, 4) is 0 Å². The number of methoxy groups -OCH3 is 1. The van der Waals surface area contributed by atoms with E-state index < -0.39 is 0 Å². The number of H-pyrrole nitrogens is 1. The summed E-state index contributed by atoms with van der Waals surface area (Å²) in [6.07, 6.45) is 6.55. The zero-order valence-electron chi connectivity index (χ0n) is 16.1. The van der Waals surface area contributed by atoms with Crippen molar-refractivity contribution in [2.24, 2.45) is 5.92 Å². The van der Waals surface area contributed by atoms with Gasteiger partial charge < -0.3 is 15.4 Å². The Morgan fingerprint density at radius 1 is 1.37 bits per heavy atom. The van der Waals surface area contributed by atoms with Gasteiger partial charge in [-0.2, -0.15) is 5.10 Å². The van der Waals surface area contributed by atoms with Crippen LogP contribution < -0.4 is 10.6 Å². The van der Waals surface area contributed by atoms with Crippen LogP contribution in [0, 0.1) is 5.92 Å². The lowest BCUT2D eigenvalue weighted by atomic mass is 9.88. The third-order valence-corrected chi connectivity index (χ3v) is 5.49. The third-order valence-electron chi connectivity index (χ3n) is 5.49. The maximum absolute atomic E-state index is 12.4. The molecule has 0 radical (unpaired) electrons. The van der Waals surface area contributed by atoms with Crippen molar-refractivity contribution in [3.05, 3.63) is 17.5 Å². The number of nitrogens with zero attached hydrogens (tertiary/aromatic N) is 2. The highest BCUT2D eigenvalue weighted by atomic mass is 16.5. The molecule has 150 valence electrons. The van der Waals surface area contributed by atoms with Crippen molar-refractivity contribution < 1.29 is 14.3 Å². The van der Waals surface area contributed by atoms with Crippen LogP contribution in [-0.4, -0.2) is 59.7 Å². The Morgan fingerprint density at radius 3 is 2.96 bits per heavy atom. The van der Waals surface area contributed by atoms with Gasteiger partial charge in [0.2, 0.25) is 11.8 Å². The van der Waals surface area contributed by atoms with Crippen LogP contribution in [0.3, 0.4) is 0 Å². The number of aromatic amines is 1. The molecule has 8 heteroatoms. The average molecular weight is 377 g/mol. The molecule has 2 heterocycles. The largest absolute Gasteiger partial charge is 0.378 e. The minimum atomic E-state index is -0.369. The monoisotopic (exact) mass is 377 g/mol. The van der Waals surface area contributed by atoms with Gasteiger partial charge in [-0.3, -0.25) is 19.6 Å². The fourth-order valence-electron chi connectivity index (χ4n) is 4.07. The van der Waals surface area contributed by atoms with Gasteiger partial charge in [0.25, 0.3) is 0 Å². The molecule has 2 fully saturated rings. The summed E-state index contributed by atoms with van der Waals surface area (Å²) in [5, 5.41) is 12.8. The number of hydrogen-bond donors (Lipinski definition) is 3. The zero-order chi connectivity index (χ0) is 19.1. The second kappa shape index (κ2) is 9.85. The molecular weight excluding hydrogens is 346 g/mol. The normalized spacial score (nSPS) is 21.8. The van der Waals surface area contributed by atoms with Crippen LogP contribution >= 0.6 is 0 Å². The minimum Gasteiger partial charge on any atom is -0.378 e. The Balaban J connectivity index is 1.50. The molecule has 3 rings (SSSR count). The van der Waals surface area contributed by atoms with E-state index in [0.29, 0.717) is 25.6 Å². The highest BCUT2D eigenvalue weighted by Crippen LogP contribution is 2.25. The van der Waals surface area contributed by atoms with E-state index in [1.165, 1.54) is 32.1 Å². The summed E-state index contributed by atoms with van der Waals surface area (Å²) in [7, 11) is 1.62. The van der Waals surface area contributed by atoms with E-state index in [2.05, 4.69) is 25.7 Å². The molecular formula is C19H31N5O3. The maximum atomic E-state index is 12.4. The fraction of sp³-hybridized carbons (Fsp3) is 0.737. The van der Waals surface area contributed by atoms with Gasteiger partial charge in [-0.25, -0.2) is 0 Å². The number of hydrogen-bond acceptors (Lipinski definition) is 5. The topological polar surface area (TPSA) is 99.3 Å². The molecule has 1 saturated carbocycles. The van der Waals surface area contributed by atoms with Crippen molar-refractivity contribution in [1.29, 1.82) is 0 Å². The first-order chi connectivity index (χ1) is 13.2. The van der Waals surface area contributed by atoms with Crippen LogP contribution in [0.25, 0.3) is 0 Å². The summed E-state index contributed by atoms with van der Waals surface area (Å²) in [6, 6.07) is 1.50. The predicted molar refractivity (Wildman–Crippen MR) is 101 cm³/mol. The Hall–Kier alpha value is -1.93. The molecule has 1 saturated heterocycles. The summed E-state index contributed by atoms with van der Waals surface area (Å²) in [6.45, 7) is 3.21. The lowest BCUT2D eigenvalue weighted by Crippen LogP contribution is -2.57. The molecule has 3 N–H and O–H groups in total. The van der Waals surface area contributed by atoms with E-state index in [0.717, 1.165) is 24.5 Å². The van der Waals surface area contributed by atoms with Crippen LogP contribution in [0.4, 0.5) is 0 Å². The van der Waals surface area contributed by atoms with E-state index in [4.69, 9.17) is 4.74 Å². The molecule has 1 aliphatic carbocycles. The smallest absolute Gasteiger partial charge is 0.237 e. The van der Waals surface area contributed by atoms with E-state index in [9.17, 15) is 9.59 Å². The van der Waals surface area contributed by atoms with Crippen LogP contribution in [-0.2, 0) is 27.5 Å². The Kier molecular flexibility index (Phi) is 7.23. The molecule has 27 heavy (non-hydrogen) atoms. The first kappa shape index (κ1) is 19.8. The number of ether oxygens (including phenoxy) is 1. The molecule has 0 aromatic carbocycles. The molecule has 0 bridgehead atoms. The molecule has 1 unspecified atom stereocenters. The van der Waals surface area contributed by atoms with E-state index in [1.54, 1.807) is 7.11 Å². The van der Waals surface area contributed by atoms with Crippen molar-refractivity contribution in [3.63, 3.8) is 0 Å². The molecule has 1 aromatic rings. The average Bonchev–Trinajstić information content (AvgIpc) is 3.12. The van der Waals surface area contributed by atoms with Gasteiger partial charge in [0.1, 0.15) is 0 Å². The molecule has 0 spiro atoms. The van der Waals surface area contributed by atoms with E-state index in [1.807, 2.05) is 6.07 Å². The van der Waals surface area contributed by atoms with Crippen LogP contribution in [0.1, 0.15) is 49.9 Å².